The highest BCUT2D eigenvalue weighted by Crippen LogP contribution is 2.64. The zero-order chi connectivity index (χ0) is 22.0. The number of hydrogen-bond acceptors (Lipinski definition) is 4. The van der Waals surface area contributed by atoms with Gasteiger partial charge < -0.3 is 4.90 Å². The van der Waals surface area contributed by atoms with Crippen LogP contribution in [0.25, 0.3) is 0 Å². The molecule has 1 aromatic carbocycles. The molecule has 6 atom stereocenters. The van der Waals surface area contributed by atoms with E-state index in [1.165, 1.54) is 25.0 Å². The summed E-state index contributed by atoms with van der Waals surface area (Å²) in [5, 5.41) is 10.9. The van der Waals surface area contributed by atoms with Gasteiger partial charge in [-0.1, -0.05) is 13.8 Å². The fourth-order valence-electron chi connectivity index (χ4n) is 7.93. The van der Waals surface area contributed by atoms with Gasteiger partial charge in [0, 0.05) is 42.8 Å². The van der Waals surface area contributed by atoms with Crippen LogP contribution >= 0.6 is 0 Å². The summed E-state index contributed by atoms with van der Waals surface area (Å²) in [6.07, 6.45) is 8.67. The summed E-state index contributed by atoms with van der Waals surface area (Å²) in [5.41, 5.74) is 2.59. The number of likely N-dealkylation sites (tertiary alicyclic amines) is 1. The van der Waals surface area contributed by atoms with Crippen LogP contribution in [0.1, 0.15) is 65.2 Å². The molecule has 1 aliphatic heterocycles. The highest BCUT2D eigenvalue weighted by Gasteiger charge is 2.60. The second-order valence-corrected chi connectivity index (χ2v) is 10.8. The Morgan fingerprint density at radius 1 is 1.03 bits per heavy atom. The van der Waals surface area contributed by atoms with Crippen molar-refractivity contribution in [2.75, 3.05) is 7.05 Å². The zero-order valence-electron chi connectivity index (χ0n) is 18.8. The van der Waals surface area contributed by atoms with Crippen molar-refractivity contribution in [3.63, 3.8) is 0 Å². The van der Waals surface area contributed by atoms with Crippen LogP contribution in [0.3, 0.4) is 0 Å². The molecule has 1 saturated heterocycles. The number of nitro benzene ring substituents is 1. The zero-order valence-corrected chi connectivity index (χ0v) is 18.8. The first kappa shape index (κ1) is 20.7. The van der Waals surface area contributed by atoms with Gasteiger partial charge in [-0.25, -0.2) is 0 Å². The van der Waals surface area contributed by atoms with Crippen LogP contribution in [0.4, 0.5) is 11.4 Å². The van der Waals surface area contributed by atoms with Gasteiger partial charge >= 0.3 is 0 Å². The number of aliphatic imine (C=N–C) groups is 1. The minimum absolute atomic E-state index is 0.112. The number of nitrogens with zero attached hydrogens (tertiary/aromatic N) is 3. The minimum Gasteiger partial charge on any atom is -0.342 e. The Kier molecular flexibility index (Phi) is 4.76. The van der Waals surface area contributed by atoms with Crippen LogP contribution in [-0.4, -0.2) is 34.5 Å². The average Bonchev–Trinajstić information content (AvgIpc) is 3.08. The highest BCUT2D eigenvalue weighted by atomic mass is 16.6. The average molecular weight is 424 g/mol. The number of non-ortho nitro benzene ring substituents is 1. The molecule has 6 nitrogen and oxygen atoms in total. The second kappa shape index (κ2) is 7.14. The Morgan fingerprint density at radius 3 is 2.48 bits per heavy atom. The van der Waals surface area contributed by atoms with Crippen molar-refractivity contribution in [1.82, 2.24) is 4.90 Å². The van der Waals surface area contributed by atoms with Crippen LogP contribution in [0.5, 0.6) is 0 Å². The van der Waals surface area contributed by atoms with Crippen LogP contribution in [-0.2, 0) is 4.79 Å². The number of hydrogen-bond donors (Lipinski definition) is 0. The molecule has 0 N–H and O–H groups in total. The Bertz CT molecular complexity index is 942. The van der Waals surface area contributed by atoms with Crippen molar-refractivity contribution >= 4 is 23.0 Å². The fourth-order valence-corrected chi connectivity index (χ4v) is 7.93. The van der Waals surface area contributed by atoms with Gasteiger partial charge in [0.15, 0.2) is 0 Å². The van der Waals surface area contributed by atoms with Gasteiger partial charge in [-0.15, -0.1) is 0 Å². The first-order chi connectivity index (χ1) is 14.7. The van der Waals surface area contributed by atoms with E-state index < -0.39 is 0 Å². The summed E-state index contributed by atoms with van der Waals surface area (Å²) in [4.78, 5) is 30.0. The predicted octanol–water partition coefficient (Wildman–Crippen LogP) is 5.53. The minimum atomic E-state index is -0.363. The molecule has 166 valence electrons. The maximum absolute atomic E-state index is 12.3. The van der Waals surface area contributed by atoms with Crippen molar-refractivity contribution in [3.05, 3.63) is 34.4 Å². The first-order valence-corrected chi connectivity index (χ1v) is 11.8. The molecule has 0 aromatic heterocycles. The molecule has 5 rings (SSSR count). The van der Waals surface area contributed by atoms with Crippen LogP contribution in [0.15, 0.2) is 29.3 Å². The monoisotopic (exact) mass is 423 g/mol. The lowest BCUT2D eigenvalue weighted by atomic mass is 9.47. The van der Waals surface area contributed by atoms with E-state index >= 15 is 0 Å². The number of benzene rings is 1. The van der Waals surface area contributed by atoms with Crippen LogP contribution in [0.2, 0.25) is 0 Å². The number of piperidine rings is 1. The summed E-state index contributed by atoms with van der Waals surface area (Å²) >= 11 is 0. The normalized spacial score (nSPS) is 40.9. The van der Waals surface area contributed by atoms with Crippen molar-refractivity contribution in [1.29, 1.82) is 0 Å². The molecular formula is C25H33N3O3. The standard InChI is InChI=1S/C25H33N3O3/c1-24-14-12-20-18(8-11-22-25(20,2)15-13-23(29)27(22)3)19(24)9-10-21(24)26-16-4-6-17(7-5-16)28(30)31/h4-7,18-20,22H,8-15H2,1-3H3/t18-,19-,20-,22+,24-,25+/m0/s1. The second-order valence-electron chi connectivity index (χ2n) is 10.8. The molecule has 1 amide bonds. The SMILES string of the molecule is CN1C(=O)CC[C@]2(C)[C@H]3CC[C@]4(C)C(=Nc5ccc([N+](=O)[O-])cc5)CC[C@H]4[C@@H]3CC[C@@H]12. The number of fused-ring (bicyclic) bond motifs is 5. The number of nitro groups is 1. The van der Waals surface area contributed by atoms with Crippen LogP contribution < -0.4 is 0 Å². The largest absolute Gasteiger partial charge is 0.342 e. The van der Waals surface area contributed by atoms with Crippen molar-refractivity contribution in [2.24, 2.45) is 33.6 Å². The van der Waals surface area contributed by atoms with E-state index in [9.17, 15) is 14.9 Å². The lowest BCUT2D eigenvalue weighted by Gasteiger charge is -2.61. The maximum atomic E-state index is 12.3. The van der Waals surface area contributed by atoms with Gasteiger partial charge in [0.1, 0.15) is 0 Å². The van der Waals surface area contributed by atoms with Crippen LogP contribution in [0, 0.1) is 38.7 Å². The molecule has 4 aliphatic rings. The van der Waals surface area contributed by atoms with E-state index in [4.69, 9.17) is 4.99 Å². The molecular weight excluding hydrogens is 390 g/mol. The summed E-state index contributed by atoms with van der Waals surface area (Å²) in [6, 6.07) is 7.04. The van der Waals surface area contributed by atoms with E-state index in [0.717, 1.165) is 31.4 Å². The Hall–Kier alpha value is -2.24. The number of carbonyl (C=O) groups is 1. The third-order valence-electron chi connectivity index (χ3n) is 9.62. The topological polar surface area (TPSA) is 75.8 Å². The van der Waals surface area contributed by atoms with Gasteiger partial charge in [0.05, 0.1) is 10.6 Å². The first-order valence-electron chi connectivity index (χ1n) is 11.8. The van der Waals surface area contributed by atoms with Gasteiger partial charge in [-0.05, 0) is 80.2 Å². The molecule has 3 aliphatic carbocycles. The van der Waals surface area contributed by atoms with Crippen molar-refractivity contribution in [2.45, 2.75) is 71.3 Å². The number of carbonyl (C=O) groups excluding carboxylic acids is 1. The number of amides is 1. The highest BCUT2D eigenvalue weighted by molar-refractivity contribution is 5.94. The molecule has 4 fully saturated rings. The molecule has 1 heterocycles. The molecule has 1 aromatic rings. The predicted molar refractivity (Wildman–Crippen MR) is 120 cm³/mol. The summed E-state index contributed by atoms with van der Waals surface area (Å²) in [5.74, 6) is 2.38. The van der Waals surface area contributed by atoms with E-state index in [1.807, 2.05) is 7.05 Å². The summed E-state index contributed by atoms with van der Waals surface area (Å²) in [7, 11) is 2.02. The van der Waals surface area contributed by atoms with Gasteiger partial charge in [-0.3, -0.25) is 19.9 Å². The fraction of sp³-hybridized carbons (Fsp3) is 0.680. The summed E-state index contributed by atoms with van der Waals surface area (Å²) in [6.45, 7) is 4.87. The van der Waals surface area contributed by atoms with Gasteiger partial charge in [-0.2, -0.15) is 0 Å². The summed E-state index contributed by atoms with van der Waals surface area (Å²) < 4.78 is 0. The smallest absolute Gasteiger partial charge is 0.269 e. The molecule has 0 unspecified atom stereocenters. The Morgan fingerprint density at radius 2 is 1.77 bits per heavy atom. The van der Waals surface area contributed by atoms with E-state index in [-0.39, 0.29) is 21.4 Å². The van der Waals surface area contributed by atoms with Gasteiger partial charge in [0.25, 0.3) is 5.69 Å². The van der Waals surface area contributed by atoms with E-state index in [2.05, 4.69) is 18.7 Å². The lowest BCUT2D eigenvalue weighted by molar-refractivity contribution is -0.384. The maximum Gasteiger partial charge on any atom is 0.269 e. The molecule has 31 heavy (non-hydrogen) atoms. The third-order valence-corrected chi connectivity index (χ3v) is 9.62. The molecule has 0 radical (unpaired) electrons. The number of rotatable bonds is 2. The molecule has 6 heteroatoms. The van der Waals surface area contributed by atoms with E-state index in [1.54, 1.807) is 24.3 Å². The van der Waals surface area contributed by atoms with E-state index in [0.29, 0.717) is 36.1 Å². The molecule has 3 saturated carbocycles. The third kappa shape index (κ3) is 3.05. The van der Waals surface area contributed by atoms with Crippen molar-refractivity contribution < 1.29 is 9.72 Å². The van der Waals surface area contributed by atoms with Crippen molar-refractivity contribution in [3.8, 4) is 0 Å². The Balaban J connectivity index is 1.41. The Labute approximate surface area is 184 Å². The quantitative estimate of drug-likeness (QED) is 0.463. The lowest BCUT2D eigenvalue weighted by Crippen LogP contribution is -2.61. The molecule has 0 spiro atoms. The molecule has 0 bridgehead atoms. The van der Waals surface area contributed by atoms with Gasteiger partial charge in [0.2, 0.25) is 5.91 Å².